The molecule has 1 saturated heterocycles. The molecule has 0 saturated carbocycles. The standard InChI is InChI=1S/C18H23N5O2/c1-19-16(13-11-20-22(2)12-13)17(24)21-15-9-6-10-23(18(15)25)14-7-4-3-5-8-14/h3-5,7-8,11-12,15-16,19H,6,9-10H2,1-2H3,(H,21,24). The van der Waals surface area contributed by atoms with E-state index in [4.69, 9.17) is 0 Å². The third-order valence-electron chi connectivity index (χ3n) is 4.43. The van der Waals surface area contributed by atoms with Gasteiger partial charge >= 0.3 is 0 Å². The third kappa shape index (κ3) is 3.71. The Hall–Kier alpha value is -2.67. The van der Waals surface area contributed by atoms with Gasteiger partial charge in [-0.2, -0.15) is 5.10 Å². The van der Waals surface area contributed by atoms with Crippen LogP contribution in [0.1, 0.15) is 24.4 Å². The van der Waals surface area contributed by atoms with Gasteiger partial charge in [0.25, 0.3) is 0 Å². The number of hydrogen-bond acceptors (Lipinski definition) is 4. The van der Waals surface area contributed by atoms with Gasteiger partial charge in [0.05, 0.1) is 6.20 Å². The maximum absolute atomic E-state index is 12.8. The van der Waals surface area contributed by atoms with Crippen LogP contribution in [0, 0.1) is 0 Å². The molecule has 7 heteroatoms. The minimum absolute atomic E-state index is 0.0631. The van der Waals surface area contributed by atoms with Crippen molar-refractivity contribution in [3.05, 3.63) is 48.3 Å². The zero-order chi connectivity index (χ0) is 17.8. The van der Waals surface area contributed by atoms with Gasteiger partial charge in [-0.05, 0) is 32.0 Å². The molecule has 0 bridgehead atoms. The van der Waals surface area contributed by atoms with Crippen molar-refractivity contribution in [3.8, 4) is 0 Å². The van der Waals surface area contributed by atoms with Crippen molar-refractivity contribution in [1.29, 1.82) is 0 Å². The van der Waals surface area contributed by atoms with Gasteiger partial charge in [0, 0.05) is 31.0 Å². The highest BCUT2D eigenvalue weighted by Gasteiger charge is 2.32. The average Bonchev–Trinajstić information content (AvgIpc) is 3.04. The molecule has 2 heterocycles. The number of amides is 2. The predicted molar refractivity (Wildman–Crippen MR) is 95.0 cm³/mol. The van der Waals surface area contributed by atoms with E-state index in [1.54, 1.807) is 36.1 Å². The lowest BCUT2D eigenvalue weighted by Crippen LogP contribution is -2.54. The number of likely N-dealkylation sites (N-methyl/N-ethyl adjacent to an activating group) is 1. The second-order valence-electron chi connectivity index (χ2n) is 6.20. The smallest absolute Gasteiger partial charge is 0.249 e. The Balaban J connectivity index is 1.71. The number of aromatic nitrogens is 2. The van der Waals surface area contributed by atoms with Crippen molar-refractivity contribution in [3.63, 3.8) is 0 Å². The van der Waals surface area contributed by atoms with Gasteiger partial charge in [0.1, 0.15) is 12.1 Å². The molecule has 25 heavy (non-hydrogen) atoms. The molecule has 1 aromatic carbocycles. The van der Waals surface area contributed by atoms with E-state index in [-0.39, 0.29) is 11.8 Å². The highest BCUT2D eigenvalue weighted by atomic mass is 16.2. The monoisotopic (exact) mass is 341 g/mol. The third-order valence-corrected chi connectivity index (χ3v) is 4.43. The van der Waals surface area contributed by atoms with E-state index in [0.717, 1.165) is 17.7 Å². The summed E-state index contributed by atoms with van der Waals surface area (Å²) in [7, 11) is 3.52. The first-order chi connectivity index (χ1) is 12.1. The first-order valence-electron chi connectivity index (χ1n) is 8.42. The molecule has 2 amide bonds. The van der Waals surface area contributed by atoms with Crippen LogP contribution >= 0.6 is 0 Å². The molecule has 1 aromatic heterocycles. The largest absolute Gasteiger partial charge is 0.343 e. The lowest BCUT2D eigenvalue weighted by Gasteiger charge is -2.33. The Kier molecular flexibility index (Phi) is 5.14. The molecule has 2 N–H and O–H groups in total. The van der Waals surface area contributed by atoms with Crippen LogP contribution in [0.25, 0.3) is 0 Å². The van der Waals surface area contributed by atoms with Crippen LogP contribution in [-0.4, -0.2) is 41.2 Å². The molecule has 2 unspecified atom stereocenters. The molecular weight excluding hydrogens is 318 g/mol. The number of nitrogens with one attached hydrogen (secondary N) is 2. The molecule has 2 aromatic rings. The summed E-state index contributed by atoms with van der Waals surface area (Å²) in [5.74, 6) is -0.282. The van der Waals surface area contributed by atoms with Crippen LogP contribution in [0.5, 0.6) is 0 Å². The van der Waals surface area contributed by atoms with Gasteiger partial charge in [-0.25, -0.2) is 0 Å². The highest BCUT2D eigenvalue weighted by Crippen LogP contribution is 2.21. The molecule has 0 aliphatic carbocycles. The summed E-state index contributed by atoms with van der Waals surface area (Å²) in [5.41, 5.74) is 1.63. The van der Waals surface area contributed by atoms with Gasteiger partial charge in [-0.15, -0.1) is 0 Å². The second-order valence-corrected chi connectivity index (χ2v) is 6.20. The van der Waals surface area contributed by atoms with Gasteiger partial charge in [0.15, 0.2) is 0 Å². The molecule has 1 aliphatic rings. The molecule has 2 atom stereocenters. The van der Waals surface area contributed by atoms with E-state index in [1.165, 1.54) is 0 Å². The van der Waals surface area contributed by atoms with Crippen molar-refractivity contribution in [2.75, 3.05) is 18.5 Å². The zero-order valence-corrected chi connectivity index (χ0v) is 14.5. The molecule has 1 fully saturated rings. The fraction of sp³-hybridized carbons (Fsp3) is 0.389. The number of carbonyl (C=O) groups is 2. The second kappa shape index (κ2) is 7.48. The summed E-state index contributed by atoms with van der Waals surface area (Å²) < 4.78 is 1.65. The van der Waals surface area contributed by atoms with E-state index < -0.39 is 12.1 Å². The minimum Gasteiger partial charge on any atom is -0.343 e. The Morgan fingerprint density at radius 3 is 2.72 bits per heavy atom. The van der Waals surface area contributed by atoms with Crippen LogP contribution in [-0.2, 0) is 16.6 Å². The topological polar surface area (TPSA) is 79.3 Å². The predicted octanol–water partition coefficient (Wildman–Crippen LogP) is 0.992. The quantitative estimate of drug-likeness (QED) is 0.850. The maximum Gasteiger partial charge on any atom is 0.249 e. The summed E-state index contributed by atoms with van der Waals surface area (Å²) >= 11 is 0. The summed E-state index contributed by atoms with van der Waals surface area (Å²) in [6, 6.07) is 8.52. The Bertz CT molecular complexity index is 743. The van der Waals surface area contributed by atoms with Crippen LogP contribution in [0.4, 0.5) is 5.69 Å². The highest BCUT2D eigenvalue weighted by molar-refractivity contribution is 6.00. The molecule has 132 valence electrons. The van der Waals surface area contributed by atoms with Crippen molar-refractivity contribution >= 4 is 17.5 Å². The molecule has 7 nitrogen and oxygen atoms in total. The molecule has 1 aliphatic heterocycles. The number of piperidine rings is 1. The van der Waals surface area contributed by atoms with E-state index in [0.29, 0.717) is 13.0 Å². The van der Waals surface area contributed by atoms with Crippen LogP contribution in [0.2, 0.25) is 0 Å². The number of benzene rings is 1. The van der Waals surface area contributed by atoms with Crippen molar-refractivity contribution in [1.82, 2.24) is 20.4 Å². The fourth-order valence-corrected chi connectivity index (χ4v) is 3.17. The molecule has 0 radical (unpaired) electrons. The SMILES string of the molecule is CNC(C(=O)NC1CCCN(c2ccccc2)C1=O)c1cnn(C)c1. The van der Waals surface area contributed by atoms with Crippen molar-refractivity contribution in [2.24, 2.45) is 7.05 Å². The Labute approximate surface area is 147 Å². The number of carbonyl (C=O) groups excluding carboxylic acids is 2. The summed E-state index contributed by atoms with van der Waals surface area (Å²) in [5, 5.41) is 9.99. The fourth-order valence-electron chi connectivity index (χ4n) is 3.17. The number of anilines is 1. The summed E-state index contributed by atoms with van der Waals surface area (Å²) in [6.07, 6.45) is 4.94. The van der Waals surface area contributed by atoms with E-state index in [1.807, 2.05) is 30.3 Å². The zero-order valence-electron chi connectivity index (χ0n) is 14.5. The lowest BCUT2D eigenvalue weighted by atomic mass is 10.0. The number of aryl methyl sites for hydroxylation is 1. The first kappa shape index (κ1) is 17.2. The van der Waals surface area contributed by atoms with Crippen molar-refractivity contribution < 1.29 is 9.59 Å². The van der Waals surface area contributed by atoms with Crippen molar-refractivity contribution in [2.45, 2.75) is 24.9 Å². The molecule has 3 rings (SSSR count). The van der Waals surface area contributed by atoms with E-state index >= 15 is 0 Å². The normalized spacial score (nSPS) is 18.9. The average molecular weight is 341 g/mol. The summed E-state index contributed by atoms with van der Waals surface area (Å²) in [6.45, 7) is 0.674. The number of rotatable bonds is 5. The van der Waals surface area contributed by atoms with Gasteiger partial charge in [0.2, 0.25) is 11.8 Å². The lowest BCUT2D eigenvalue weighted by molar-refractivity contribution is -0.129. The maximum atomic E-state index is 12.8. The Morgan fingerprint density at radius 1 is 1.32 bits per heavy atom. The van der Waals surface area contributed by atoms with Gasteiger partial charge in [-0.3, -0.25) is 14.3 Å². The summed E-state index contributed by atoms with van der Waals surface area (Å²) in [4.78, 5) is 27.2. The number of hydrogen-bond donors (Lipinski definition) is 2. The van der Waals surface area contributed by atoms with Gasteiger partial charge in [-0.1, -0.05) is 18.2 Å². The molecular formula is C18H23N5O2. The first-order valence-corrected chi connectivity index (χ1v) is 8.42. The number of para-hydroxylation sites is 1. The number of nitrogens with zero attached hydrogens (tertiary/aromatic N) is 3. The van der Waals surface area contributed by atoms with E-state index in [9.17, 15) is 9.59 Å². The van der Waals surface area contributed by atoms with Crippen LogP contribution < -0.4 is 15.5 Å². The van der Waals surface area contributed by atoms with Crippen LogP contribution in [0.3, 0.4) is 0 Å². The minimum atomic E-state index is -0.534. The van der Waals surface area contributed by atoms with E-state index in [2.05, 4.69) is 15.7 Å². The molecule has 0 spiro atoms. The van der Waals surface area contributed by atoms with Gasteiger partial charge < -0.3 is 15.5 Å². The Morgan fingerprint density at radius 2 is 2.08 bits per heavy atom. The van der Waals surface area contributed by atoms with Crippen LogP contribution in [0.15, 0.2) is 42.7 Å².